The van der Waals surface area contributed by atoms with Gasteiger partial charge >= 0.3 is 12.7 Å². The van der Waals surface area contributed by atoms with Crippen LogP contribution < -0.4 is 10.6 Å². The molecule has 0 saturated heterocycles. The van der Waals surface area contributed by atoms with Gasteiger partial charge in [0.15, 0.2) is 0 Å². The molecule has 0 spiro atoms. The van der Waals surface area contributed by atoms with Crippen molar-refractivity contribution in [1.82, 2.24) is 10.6 Å². The third-order valence-corrected chi connectivity index (χ3v) is 5.09. The summed E-state index contributed by atoms with van der Waals surface area (Å²) in [6, 6.07) is -0.322. The van der Waals surface area contributed by atoms with E-state index in [4.69, 9.17) is 9.47 Å². The second-order valence-electron chi connectivity index (χ2n) is 7.80. The molecule has 1 atom stereocenters. The molecule has 0 aliphatic heterocycles. The van der Waals surface area contributed by atoms with Crippen LogP contribution in [0.25, 0.3) is 0 Å². The number of hydrogen-bond acceptors (Lipinski definition) is 6. The highest BCUT2D eigenvalue weighted by Crippen LogP contribution is 2.33. The number of halogens is 6. The summed E-state index contributed by atoms with van der Waals surface area (Å²) < 4.78 is 90.2. The summed E-state index contributed by atoms with van der Waals surface area (Å²) in [4.78, 5) is 23.6. The molecule has 0 aromatic carbocycles. The van der Waals surface area contributed by atoms with Gasteiger partial charge in [-0.15, -0.1) is 26.3 Å². The van der Waals surface area contributed by atoms with E-state index in [1.165, 1.54) is 0 Å². The smallest absolute Gasteiger partial charge is 0.368 e. The van der Waals surface area contributed by atoms with Crippen molar-refractivity contribution < 1.29 is 54.9 Å². The van der Waals surface area contributed by atoms with Gasteiger partial charge in [0.1, 0.15) is 13.2 Å². The van der Waals surface area contributed by atoms with Crippen LogP contribution in [0.1, 0.15) is 32.1 Å². The molecule has 2 amide bonds. The highest BCUT2D eigenvalue weighted by Gasteiger charge is 2.41. The van der Waals surface area contributed by atoms with Crippen LogP contribution in [-0.4, -0.2) is 68.2 Å². The fourth-order valence-electron chi connectivity index (χ4n) is 3.36. The van der Waals surface area contributed by atoms with Crippen LogP contribution in [0.5, 0.6) is 0 Å². The fourth-order valence-corrected chi connectivity index (χ4v) is 3.36. The maximum absolute atomic E-state index is 12.0. The summed E-state index contributed by atoms with van der Waals surface area (Å²) in [7, 11) is 0. The van der Waals surface area contributed by atoms with Gasteiger partial charge in [-0.25, -0.2) is 0 Å². The summed E-state index contributed by atoms with van der Waals surface area (Å²) in [6.45, 7) is -0.615. The van der Waals surface area contributed by atoms with E-state index in [9.17, 15) is 35.9 Å². The number of carbonyl (C=O) groups excluding carboxylic acids is 2. The molecule has 0 radical (unpaired) electrons. The third kappa shape index (κ3) is 8.22. The maximum Gasteiger partial charge on any atom is 0.522 e. The molecular formula is C18H22F6N2O6. The predicted octanol–water partition coefficient (Wildman–Crippen LogP) is 2.04. The topological polar surface area (TPSA) is 95.1 Å². The number of amides is 2. The number of rotatable bonds is 10. The van der Waals surface area contributed by atoms with Gasteiger partial charge in [-0.1, -0.05) is 0 Å². The van der Waals surface area contributed by atoms with E-state index in [2.05, 4.69) is 20.1 Å². The minimum atomic E-state index is -4.69. The number of carbonyl (C=O) groups is 2. The first-order valence-electron chi connectivity index (χ1n) is 9.87. The molecule has 182 valence electrons. The van der Waals surface area contributed by atoms with E-state index >= 15 is 0 Å². The first-order chi connectivity index (χ1) is 14.8. The van der Waals surface area contributed by atoms with Crippen molar-refractivity contribution in [3.8, 4) is 0 Å². The van der Waals surface area contributed by atoms with Crippen LogP contribution in [0.2, 0.25) is 0 Å². The van der Waals surface area contributed by atoms with E-state index in [0.717, 1.165) is 0 Å². The molecule has 3 rings (SSSR count). The Morgan fingerprint density at radius 3 is 1.69 bits per heavy atom. The summed E-state index contributed by atoms with van der Waals surface area (Å²) in [5.74, 6) is -0.911. The van der Waals surface area contributed by atoms with Gasteiger partial charge in [0.25, 0.3) is 0 Å². The van der Waals surface area contributed by atoms with Gasteiger partial charge in [-0.3, -0.25) is 19.1 Å². The zero-order valence-corrected chi connectivity index (χ0v) is 16.6. The average molecular weight is 476 g/mol. The van der Waals surface area contributed by atoms with E-state index in [1.807, 2.05) is 0 Å². The van der Waals surface area contributed by atoms with Crippen LogP contribution in [0.4, 0.5) is 26.3 Å². The van der Waals surface area contributed by atoms with Crippen molar-refractivity contribution in [1.29, 1.82) is 0 Å². The lowest BCUT2D eigenvalue weighted by atomic mass is 9.92. The number of nitrogens with one attached hydrogen (secondary N) is 2. The van der Waals surface area contributed by atoms with Crippen LogP contribution in [0, 0.1) is 0 Å². The molecule has 2 saturated carbocycles. The molecular weight excluding hydrogens is 454 g/mol. The lowest BCUT2D eigenvalue weighted by Crippen LogP contribution is -2.46. The van der Waals surface area contributed by atoms with Crippen LogP contribution >= 0.6 is 0 Å². The summed E-state index contributed by atoms with van der Waals surface area (Å²) in [5, 5.41) is 5.19. The van der Waals surface area contributed by atoms with Crippen molar-refractivity contribution in [3.63, 3.8) is 0 Å². The van der Waals surface area contributed by atoms with Gasteiger partial charge in [0.05, 0.1) is 30.5 Å². The molecule has 3 aliphatic carbocycles. The Labute approximate surface area is 178 Å². The Hall–Kier alpha value is -1.90. The molecule has 14 heteroatoms. The average Bonchev–Trinajstić information content (AvgIpc) is 2.54. The molecule has 0 aromatic rings. The number of ether oxygens (including phenoxy) is 4. The first-order valence-corrected chi connectivity index (χ1v) is 9.87. The molecule has 0 heterocycles. The Morgan fingerprint density at radius 1 is 0.812 bits per heavy atom. The third-order valence-electron chi connectivity index (χ3n) is 5.09. The van der Waals surface area contributed by atoms with Crippen LogP contribution in [0.15, 0.2) is 11.8 Å². The maximum atomic E-state index is 12.0. The summed E-state index contributed by atoms with van der Waals surface area (Å²) in [6.07, 6.45) is -10.0. The quantitative estimate of drug-likeness (QED) is 0.469. The SMILES string of the molecule is O=C(CO[C@H]1C[C@@H](OC(F)(F)F)C1)NC1=CC(NC(=O)CO[C@H]2C[C@H](OC(F)(F)F)C2)C1. The van der Waals surface area contributed by atoms with Crippen molar-refractivity contribution in [2.45, 2.75) is 75.3 Å². The molecule has 2 N–H and O–H groups in total. The highest BCUT2D eigenvalue weighted by atomic mass is 19.4. The largest absolute Gasteiger partial charge is 0.522 e. The monoisotopic (exact) mass is 476 g/mol. The Bertz CT molecular complexity index is 716. The van der Waals surface area contributed by atoms with Crippen molar-refractivity contribution in [3.05, 3.63) is 11.8 Å². The number of hydrogen-bond donors (Lipinski definition) is 2. The Kier molecular flexibility index (Phi) is 7.68. The second kappa shape index (κ2) is 9.93. The molecule has 32 heavy (non-hydrogen) atoms. The lowest BCUT2D eigenvalue weighted by molar-refractivity contribution is -0.358. The van der Waals surface area contributed by atoms with Gasteiger partial charge in [-0.2, -0.15) is 0 Å². The molecule has 2 fully saturated rings. The fraction of sp³-hybridized carbons (Fsp3) is 0.778. The zero-order chi connectivity index (χ0) is 23.5. The van der Waals surface area contributed by atoms with E-state index in [-0.39, 0.29) is 44.9 Å². The standard InChI is InChI=1S/C18H22F6N2O6/c19-17(20,21)31-13-3-11(4-13)29-7-15(27)25-9-1-10(2-9)26-16(28)8-30-12-5-14(6-12)32-18(22,23)24/h1,9,11-14H,2-8H2,(H,25,27)(H,26,28)/t9?,11-,12-,13-,14+. The molecule has 8 nitrogen and oxygen atoms in total. The van der Waals surface area contributed by atoms with Gasteiger partial charge < -0.3 is 20.1 Å². The van der Waals surface area contributed by atoms with Crippen LogP contribution in [0.3, 0.4) is 0 Å². The molecule has 0 aromatic heterocycles. The Balaban J connectivity index is 1.20. The molecule has 3 aliphatic rings. The molecule has 1 unspecified atom stereocenters. The lowest BCUT2D eigenvalue weighted by Gasteiger charge is -2.35. The van der Waals surface area contributed by atoms with E-state index in [0.29, 0.717) is 12.1 Å². The normalized spacial score (nSPS) is 29.8. The van der Waals surface area contributed by atoms with Crippen LogP contribution in [-0.2, 0) is 28.5 Å². The first kappa shape index (κ1) is 24.7. The minimum Gasteiger partial charge on any atom is -0.368 e. The van der Waals surface area contributed by atoms with Crippen molar-refractivity contribution >= 4 is 11.8 Å². The minimum absolute atomic E-state index is 0.0581. The second-order valence-corrected chi connectivity index (χ2v) is 7.80. The van der Waals surface area contributed by atoms with Gasteiger partial charge in [-0.05, 0) is 6.08 Å². The summed E-state index contributed by atoms with van der Waals surface area (Å²) in [5.41, 5.74) is 0.558. The van der Waals surface area contributed by atoms with Crippen molar-refractivity contribution in [2.75, 3.05) is 13.2 Å². The van der Waals surface area contributed by atoms with E-state index < -0.39 is 49.0 Å². The zero-order valence-electron chi connectivity index (χ0n) is 16.6. The van der Waals surface area contributed by atoms with E-state index in [1.54, 1.807) is 6.08 Å². The van der Waals surface area contributed by atoms with Gasteiger partial charge in [0, 0.05) is 37.8 Å². The molecule has 0 bridgehead atoms. The summed E-state index contributed by atoms with van der Waals surface area (Å²) >= 11 is 0. The van der Waals surface area contributed by atoms with Crippen molar-refractivity contribution in [2.24, 2.45) is 0 Å². The predicted molar refractivity (Wildman–Crippen MR) is 92.6 cm³/mol. The Morgan fingerprint density at radius 2 is 1.25 bits per heavy atom. The number of alkyl halides is 6. The van der Waals surface area contributed by atoms with Gasteiger partial charge in [0.2, 0.25) is 11.8 Å². The highest BCUT2D eigenvalue weighted by molar-refractivity contribution is 5.80.